The van der Waals surface area contributed by atoms with E-state index < -0.39 is 0 Å². The first kappa shape index (κ1) is 16.3. The zero-order chi connectivity index (χ0) is 14.4. The van der Waals surface area contributed by atoms with Gasteiger partial charge in [-0.2, -0.15) is 0 Å². The first-order valence-corrected chi connectivity index (χ1v) is 8.98. The highest BCUT2D eigenvalue weighted by molar-refractivity contribution is 4.90. The lowest BCUT2D eigenvalue weighted by molar-refractivity contribution is 0.103. The predicted octanol–water partition coefficient (Wildman–Crippen LogP) is 2.70. The lowest BCUT2D eigenvalue weighted by Gasteiger charge is -2.38. The van der Waals surface area contributed by atoms with Gasteiger partial charge >= 0.3 is 0 Å². The van der Waals surface area contributed by atoms with Crippen molar-refractivity contribution in [2.75, 3.05) is 32.7 Å². The monoisotopic (exact) mass is 281 g/mol. The van der Waals surface area contributed by atoms with Gasteiger partial charge in [-0.3, -0.25) is 4.90 Å². The van der Waals surface area contributed by atoms with Crippen molar-refractivity contribution in [3.05, 3.63) is 0 Å². The first-order chi connectivity index (χ1) is 9.80. The average molecular weight is 281 g/mol. The predicted molar refractivity (Wildman–Crippen MR) is 86.9 cm³/mol. The van der Waals surface area contributed by atoms with E-state index in [1.54, 1.807) is 0 Å². The molecule has 1 heterocycles. The Labute approximate surface area is 125 Å². The van der Waals surface area contributed by atoms with Gasteiger partial charge in [0, 0.05) is 12.1 Å². The molecule has 0 aromatic rings. The quantitative estimate of drug-likeness (QED) is 0.812. The van der Waals surface area contributed by atoms with Crippen LogP contribution in [0.15, 0.2) is 0 Å². The molecule has 0 spiro atoms. The van der Waals surface area contributed by atoms with Gasteiger partial charge in [-0.05, 0) is 77.2 Å². The Morgan fingerprint density at radius 2 is 1.90 bits per heavy atom. The van der Waals surface area contributed by atoms with Gasteiger partial charge in [0.15, 0.2) is 0 Å². The largest absolute Gasteiger partial charge is 0.330 e. The Balaban J connectivity index is 1.93. The minimum atomic E-state index is 0.755. The summed E-state index contributed by atoms with van der Waals surface area (Å²) in [5.74, 6) is 0.755. The smallest absolute Gasteiger partial charge is 0.0138 e. The molecule has 3 nitrogen and oxygen atoms in total. The molecule has 2 N–H and O–H groups in total. The van der Waals surface area contributed by atoms with Crippen LogP contribution in [0.5, 0.6) is 0 Å². The molecule has 2 fully saturated rings. The molecule has 3 heteroatoms. The molecular formula is C17H35N3. The molecule has 3 unspecified atom stereocenters. The molecule has 0 radical (unpaired) electrons. The van der Waals surface area contributed by atoms with Crippen LogP contribution in [-0.4, -0.2) is 54.6 Å². The van der Waals surface area contributed by atoms with Crippen LogP contribution in [-0.2, 0) is 0 Å². The Morgan fingerprint density at radius 1 is 1.05 bits per heavy atom. The molecule has 1 aliphatic carbocycles. The number of nitrogens with two attached hydrogens (primary N) is 1. The van der Waals surface area contributed by atoms with Crippen LogP contribution >= 0.6 is 0 Å². The van der Waals surface area contributed by atoms with Crippen LogP contribution in [0.2, 0.25) is 0 Å². The van der Waals surface area contributed by atoms with E-state index in [-0.39, 0.29) is 0 Å². The minimum absolute atomic E-state index is 0.755. The molecule has 2 rings (SSSR count). The number of rotatable bonds is 6. The van der Waals surface area contributed by atoms with Crippen LogP contribution in [0.25, 0.3) is 0 Å². The van der Waals surface area contributed by atoms with Gasteiger partial charge in [-0.25, -0.2) is 0 Å². The van der Waals surface area contributed by atoms with Gasteiger partial charge in [0.1, 0.15) is 0 Å². The van der Waals surface area contributed by atoms with Crippen LogP contribution in [0, 0.1) is 5.92 Å². The molecule has 0 aromatic heterocycles. The van der Waals surface area contributed by atoms with Crippen molar-refractivity contribution in [2.24, 2.45) is 11.7 Å². The maximum Gasteiger partial charge on any atom is 0.0138 e. The second kappa shape index (κ2) is 8.35. The fourth-order valence-corrected chi connectivity index (χ4v) is 4.50. The van der Waals surface area contributed by atoms with Gasteiger partial charge < -0.3 is 10.6 Å². The summed E-state index contributed by atoms with van der Waals surface area (Å²) in [5, 5.41) is 0. The van der Waals surface area contributed by atoms with Crippen LogP contribution in [0.3, 0.4) is 0 Å². The zero-order valence-corrected chi connectivity index (χ0v) is 13.7. The number of nitrogens with zero attached hydrogens (tertiary/aromatic N) is 2. The third-order valence-corrected chi connectivity index (χ3v) is 5.51. The molecule has 2 aliphatic rings. The van der Waals surface area contributed by atoms with Gasteiger partial charge in [-0.15, -0.1) is 0 Å². The third kappa shape index (κ3) is 3.96. The van der Waals surface area contributed by atoms with Crippen molar-refractivity contribution in [3.63, 3.8) is 0 Å². The lowest BCUT2D eigenvalue weighted by atomic mass is 9.98. The standard InChI is InChI=1S/C17H35N3/c1-3-11-19-12-6-8-16(10-13-19)20(4-2)17-9-5-7-15(17)14-18/h15-17H,3-14,18H2,1-2H3. The molecule has 0 aromatic carbocycles. The van der Waals surface area contributed by atoms with Crippen LogP contribution < -0.4 is 5.73 Å². The summed E-state index contributed by atoms with van der Waals surface area (Å²) < 4.78 is 0. The maximum atomic E-state index is 6.00. The SMILES string of the molecule is CCCN1CCCC(N(CC)C2CCCC2CN)CC1. The zero-order valence-electron chi connectivity index (χ0n) is 13.7. The molecular weight excluding hydrogens is 246 g/mol. The number of hydrogen-bond acceptors (Lipinski definition) is 3. The van der Waals surface area contributed by atoms with Crippen molar-refractivity contribution in [1.29, 1.82) is 0 Å². The third-order valence-electron chi connectivity index (χ3n) is 5.51. The van der Waals surface area contributed by atoms with Gasteiger partial charge in [0.25, 0.3) is 0 Å². The minimum Gasteiger partial charge on any atom is -0.330 e. The van der Waals surface area contributed by atoms with E-state index in [0.29, 0.717) is 0 Å². The normalized spacial score (nSPS) is 32.7. The first-order valence-electron chi connectivity index (χ1n) is 8.98. The van der Waals surface area contributed by atoms with Crippen molar-refractivity contribution in [2.45, 2.75) is 70.9 Å². The molecule has 3 atom stereocenters. The summed E-state index contributed by atoms with van der Waals surface area (Å²) in [6.07, 6.45) is 9.54. The van der Waals surface area contributed by atoms with E-state index in [4.69, 9.17) is 5.73 Å². The lowest BCUT2D eigenvalue weighted by Crippen LogP contribution is -2.46. The molecule has 118 valence electrons. The van der Waals surface area contributed by atoms with Crippen LogP contribution in [0.1, 0.15) is 58.8 Å². The van der Waals surface area contributed by atoms with Crippen molar-refractivity contribution >= 4 is 0 Å². The molecule has 20 heavy (non-hydrogen) atoms. The summed E-state index contributed by atoms with van der Waals surface area (Å²) in [6, 6.07) is 1.58. The second-order valence-corrected chi connectivity index (χ2v) is 6.75. The van der Waals surface area contributed by atoms with E-state index in [1.165, 1.54) is 71.1 Å². The summed E-state index contributed by atoms with van der Waals surface area (Å²) in [4.78, 5) is 5.49. The van der Waals surface area contributed by atoms with E-state index in [1.807, 2.05) is 0 Å². The highest BCUT2D eigenvalue weighted by atomic mass is 15.2. The summed E-state index contributed by atoms with van der Waals surface area (Å²) >= 11 is 0. The highest BCUT2D eigenvalue weighted by Crippen LogP contribution is 2.32. The second-order valence-electron chi connectivity index (χ2n) is 6.75. The van der Waals surface area contributed by atoms with Gasteiger partial charge in [-0.1, -0.05) is 20.3 Å². The molecule has 0 bridgehead atoms. The Hall–Kier alpha value is -0.120. The fourth-order valence-electron chi connectivity index (χ4n) is 4.50. The van der Waals surface area contributed by atoms with Gasteiger partial charge in [0.2, 0.25) is 0 Å². The maximum absolute atomic E-state index is 6.00. The number of hydrogen-bond donors (Lipinski definition) is 1. The average Bonchev–Trinajstić information content (AvgIpc) is 2.81. The van der Waals surface area contributed by atoms with Gasteiger partial charge in [0.05, 0.1) is 0 Å². The van der Waals surface area contributed by atoms with Crippen molar-refractivity contribution in [1.82, 2.24) is 9.80 Å². The molecule has 1 saturated carbocycles. The molecule has 0 amide bonds. The van der Waals surface area contributed by atoms with Crippen molar-refractivity contribution < 1.29 is 0 Å². The number of likely N-dealkylation sites (tertiary alicyclic amines) is 1. The van der Waals surface area contributed by atoms with Crippen molar-refractivity contribution in [3.8, 4) is 0 Å². The van der Waals surface area contributed by atoms with E-state index >= 15 is 0 Å². The summed E-state index contributed by atoms with van der Waals surface area (Å²) in [6.45, 7) is 10.6. The Morgan fingerprint density at radius 3 is 2.60 bits per heavy atom. The summed E-state index contributed by atoms with van der Waals surface area (Å²) in [7, 11) is 0. The topological polar surface area (TPSA) is 32.5 Å². The van der Waals surface area contributed by atoms with E-state index in [9.17, 15) is 0 Å². The Kier molecular flexibility index (Phi) is 6.79. The fraction of sp³-hybridized carbons (Fsp3) is 1.00. The molecule has 1 saturated heterocycles. The summed E-state index contributed by atoms with van der Waals surface area (Å²) in [5.41, 5.74) is 6.00. The van der Waals surface area contributed by atoms with E-state index in [0.717, 1.165) is 24.5 Å². The highest BCUT2D eigenvalue weighted by Gasteiger charge is 2.34. The van der Waals surface area contributed by atoms with Crippen LogP contribution in [0.4, 0.5) is 0 Å². The van der Waals surface area contributed by atoms with E-state index in [2.05, 4.69) is 23.6 Å². The Bertz CT molecular complexity index is 269. The molecule has 1 aliphatic heterocycles.